The Labute approximate surface area is 127 Å². The summed E-state index contributed by atoms with van der Waals surface area (Å²) in [6, 6.07) is 7.80. The van der Waals surface area contributed by atoms with Crippen molar-refractivity contribution in [2.75, 3.05) is 33.8 Å². The summed E-state index contributed by atoms with van der Waals surface area (Å²) in [6.07, 6.45) is 0. The monoisotopic (exact) mass is 293 g/mol. The second-order valence-electron chi connectivity index (χ2n) is 5.64. The Kier molecular flexibility index (Phi) is 7.19. The summed E-state index contributed by atoms with van der Waals surface area (Å²) in [7, 11) is 3.55. The summed E-state index contributed by atoms with van der Waals surface area (Å²) < 4.78 is 5.15. The first kappa shape index (κ1) is 17.5. The molecular weight excluding hydrogens is 266 g/mol. The van der Waals surface area contributed by atoms with Gasteiger partial charge in [-0.2, -0.15) is 0 Å². The maximum absolute atomic E-state index is 11.9. The van der Waals surface area contributed by atoms with E-state index < -0.39 is 0 Å². The van der Waals surface area contributed by atoms with E-state index >= 15 is 0 Å². The Balaban J connectivity index is 2.63. The lowest BCUT2D eigenvalue weighted by Crippen LogP contribution is -2.40. The predicted molar refractivity (Wildman–Crippen MR) is 85.3 cm³/mol. The quantitative estimate of drug-likeness (QED) is 0.760. The van der Waals surface area contributed by atoms with Crippen LogP contribution in [0.4, 0.5) is 0 Å². The van der Waals surface area contributed by atoms with Gasteiger partial charge in [0, 0.05) is 19.1 Å². The van der Waals surface area contributed by atoms with Crippen molar-refractivity contribution in [3.05, 3.63) is 29.8 Å². The van der Waals surface area contributed by atoms with Gasteiger partial charge in [-0.25, -0.2) is 0 Å². The number of nitrogens with two attached hydrogens (primary N) is 1. The molecule has 0 heterocycles. The number of carbonyl (C=O) groups excluding carboxylic acids is 1. The molecule has 0 saturated heterocycles. The number of carbonyl (C=O) groups is 1. The Bertz CT molecular complexity index is 432. The molecule has 0 aliphatic rings. The highest BCUT2D eigenvalue weighted by Gasteiger charge is 2.18. The van der Waals surface area contributed by atoms with Crippen molar-refractivity contribution in [3.8, 4) is 5.75 Å². The van der Waals surface area contributed by atoms with Gasteiger partial charge >= 0.3 is 0 Å². The van der Waals surface area contributed by atoms with Crippen LogP contribution in [0.1, 0.15) is 25.5 Å². The summed E-state index contributed by atoms with van der Waals surface area (Å²) >= 11 is 0. The molecule has 5 heteroatoms. The van der Waals surface area contributed by atoms with Gasteiger partial charge in [-0.1, -0.05) is 26.0 Å². The van der Waals surface area contributed by atoms with E-state index in [1.165, 1.54) is 0 Å². The first-order valence-corrected chi connectivity index (χ1v) is 7.28. The van der Waals surface area contributed by atoms with E-state index in [-0.39, 0.29) is 11.9 Å². The van der Waals surface area contributed by atoms with Crippen LogP contribution in [0.15, 0.2) is 24.3 Å². The molecule has 0 radical (unpaired) electrons. The van der Waals surface area contributed by atoms with Gasteiger partial charge in [0.1, 0.15) is 5.75 Å². The number of benzene rings is 1. The van der Waals surface area contributed by atoms with Gasteiger partial charge < -0.3 is 15.8 Å². The lowest BCUT2D eigenvalue weighted by atomic mass is 10.1. The number of likely N-dealkylation sites (N-methyl/N-ethyl adjacent to an activating group) is 1. The second-order valence-corrected chi connectivity index (χ2v) is 5.64. The van der Waals surface area contributed by atoms with E-state index in [2.05, 4.69) is 19.2 Å². The van der Waals surface area contributed by atoms with Gasteiger partial charge in [0.25, 0.3) is 0 Å². The van der Waals surface area contributed by atoms with Crippen LogP contribution < -0.4 is 15.8 Å². The zero-order valence-electron chi connectivity index (χ0n) is 13.4. The molecule has 0 aromatic heterocycles. The molecule has 0 spiro atoms. The van der Waals surface area contributed by atoms with E-state index in [0.717, 1.165) is 11.3 Å². The lowest BCUT2D eigenvalue weighted by Gasteiger charge is -2.27. The molecule has 1 amide bonds. The van der Waals surface area contributed by atoms with E-state index in [1.807, 2.05) is 36.2 Å². The van der Waals surface area contributed by atoms with Crippen LogP contribution in [-0.4, -0.2) is 44.6 Å². The summed E-state index contributed by atoms with van der Waals surface area (Å²) in [6.45, 7) is 5.64. The minimum Gasteiger partial charge on any atom is -0.497 e. The third-order valence-corrected chi connectivity index (χ3v) is 3.36. The maximum Gasteiger partial charge on any atom is 0.234 e. The number of hydrogen-bond donors (Lipinski definition) is 2. The minimum atomic E-state index is 0.0145. The van der Waals surface area contributed by atoms with Crippen LogP contribution in [0.25, 0.3) is 0 Å². The molecule has 0 aliphatic carbocycles. The third-order valence-electron chi connectivity index (χ3n) is 3.36. The Morgan fingerprint density at radius 1 is 1.33 bits per heavy atom. The lowest BCUT2D eigenvalue weighted by molar-refractivity contribution is -0.122. The smallest absolute Gasteiger partial charge is 0.234 e. The highest BCUT2D eigenvalue weighted by Crippen LogP contribution is 2.21. The topological polar surface area (TPSA) is 67.6 Å². The molecule has 1 aromatic rings. The van der Waals surface area contributed by atoms with Crippen molar-refractivity contribution in [2.24, 2.45) is 11.7 Å². The SMILES string of the molecule is COc1ccc(C(CN)N(C)CC(=O)NCC(C)C)cc1. The predicted octanol–water partition coefficient (Wildman–Crippen LogP) is 1.40. The zero-order valence-corrected chi connectivity index (χ0v) is 13.4. The average molecular weight is 293 g/mol. The minimum absolute atomic E-state index is 0.0145. The molecule has 21 heavy (non-hydrogen) atoms. The van der Waals surface area contributed by atoms with E-state index in [1.54, 1.807) is 7.11 Å². The molecular formula is C16H27N3O2. The van der Waals surface area contributed by atoms with Crippen molar-refractivity contribution in [3.63, 3.8) is 0 Å². The molecule has 0 aliphatic heterocycles. The van der Waals surface area contributed by atoms with Gasteiger partial charge in [-0.3, -0.25) is 9.69 Å². The fourth-order valence-corrected chi connectivity index (χ4v) is 2.11. The first-order valence-electron chi connectivity index (χ1n) is 7.28. The van der Waals surface area contributed by atoms with Crippen LogP contribution in [-0.2, 0) is 4.79 Å². The maximum atomic E-state index is 11.9. The van der Waals surface area contributed by atoms with Gasteiger partial charge in [-0.05, 0) is 30.7 Å². The van der Waals surface area contributed by atoms with Crippen LogP contribution in [0.5, 0.6) is 5.75 Å². The highest BCUT2D eigenvalue weighted by molar-refractivity contribution is 5.78. The van der Waals surface area contributed by atoms with E-state index in [9.17, 15) is 4.79 Å². The summed E-state index contributed by atoms with van der Waals surface area (Å²) in [5.74, 6) is 1.29. The van der Waals surface area contributed by atoms with Gasteiger partial charge in [-0.15, -0.1) is 0 Å². The molecule has 1 aromatic carbocycles. The van der Waals surface area contributed by atoms with Crippen LogP contribution in [0, 0.1) is 5.92 Å². The molecule has 0 bridgehead atoms. The molecule has 1 atom stereocenters. The molecule has 118 valence electrons. The summed E-state index contributed by atoms with van der Waals surface area (Å²) in [5, 5.41) is 2.92. The van der Waals surface area contributed by atoms with Gasteiger partial charge in [0.05, 0.1) is 13.7 Å². The summed E-state index contributed by atoms with van der Waals surface area (Å²) in [4.78, 5) is 13.9. The van der Waals surface area contributed by atoms with E-state index in [4.69, 9.17) is 10.5 Å². The normalized spacial score (nSPS) is 12.5. The Hall–Kier alpha value is -1.59. The van der Waals surface area contributed by atoms with Crippen molar-refractivity contribution in [2.45, 2.75) is 19.9 Å². The average Bonchev–Trinajstić information content (AvgIpc) is 2.46. The largest absolute Gasteiger partial charge is 0.497 e. The molecule has 1 unspecified atom stereocenters. The number of nitrogens with zero attached hydrogens (tertiary/aromatic N) is 1. The van der Waals surface area contributed by atoms with Crippen LogP contribution >= 0.6 is 0 Å². The fraction of sp³-hybridized carbons (Fsp3) is 0.562. The molecule has 3 N–H and O–H groups in total. The van der Waals surface area contributed by atoms with Crippen molar-refractivity contribution >= 4 is 5.91 Å². The van der Waals surface area contributed by atoms with E-state index in [0.29, 0.717) is 25.6 Å². The number of hydrogen-bond acceptors (Lipinski definition) is 4. The summed E-state index contributed by atoms with van der Waals surface area (Å²) in [5.41, 5.74) is 6.95. The van der Waals surface area contributed by atoms with Gasteiger partial charge in [0.2, 0.25) is 5.91 Å². The number of methoxy groups -OCH3 is 1. The van der Waals surface area contributed by atoms with Crippen LogP contribution in [0.2, 0.25) is 0 Å². The fourth-order valence-electron chi connectivity index (χ4n) is 2.11. The number of ether oxygens (including phenoxy) is 1. The first-order chi connectivity index (χ1) is 9.97. The number of nitrogens with one attached hydrogen (secondary N) is 1. The molecule has 1 rings (SSSR count). The molecule has 0 fully saturated rings. The van der Waals surface area contributed by atoms with Crippen molar-refractivity contribution < 1.29 is 9.53 Å². The Morgan fingerprint density at radius 3 is 2.43 bits per heavy atom. The third kappa shape index (κ3) is 5.73. The Morgan fingerprint density at radius 2 is 1.95 bits per heavy atom. The second kappa shape index (κ2) is 8.64. The number of amides is 1. The molecule has 5 nitrogen and oxygen atoms in total. The van der Waals surface area contributed by atoms with Gasteiger partial charge in [0.15, 0.2) is 0 Å². The van der Waals surface area contributed by atoms with Crippen molar-refractivity contribution in [1.29, 1.82) is 0 Å². The zero-order chi connectivity index (χ0) is 15.8. The number of rotatable bonds is 8. The van der Waals surface area contributed by atoms with Crippen molar-refractivity contribution in [1.82, 2.24) is 10.2 Å². The highest BCUT2D eigenvalue weighted by atomic mass is 16.5. The standard InChI is InChI=1S/C16H27N3O2/c1-12(2)10-18-16(20)11-19(3)15(9-17)13-5-7-14(21-4)8-6-13/h5-8,12,15H,9-11,17H2,1-4H3,(H,18,20). The van der Waals surface area contributed by atoms with Crippen LogP contribution in [0.3, 0.4) is 0 Å². The molecule has 0 saturated carbocycles.